The van der Waals surface area contributed by atoms with Crippen LogP contribution in [0.5, 0.6) is 0 Å². The highest BCUT2D eigenvalue weighted by Gasteiger charge is 1.96. The lowest BCUT2D eigenvalue weighted by atomic mass is 10.1. The van der Waals surface area contributed by atoms with Crippen molar-refractivity contribution >= 4 is 5.97 Å². The molecule has 136 valence electrons. The molecule has 0 aromatic heterocycles. The first-order valence-electron chi connectivity index (χ1n) is 9.72. The Balaban J connectivity index is 3.07. The van der Waals surface area contributed by atoms with Crippen LogP contribution in [0.25, 0.3) is 0 Å². The number of unbranched alkanes of at least 4 members (excludes halogenated alkanes) is 11. The summed E-state index contributed by atoms with van der Waals surface area (Å²) in [4.78, 5) is 10.4. The Morgan fingerprint density at radius 3 is 1.78 bits per heavy atom. The summed E-state index contributed by atoms with van der Waals surface area (Å²) in [7, 11) is 0. The maximum absolute atomic E-state index is 10.4. The third-order valence-electron chi connectivity index (χ3n) is 4.04. The van der Waals surface area contributed by atoms with E-state index < -0.39 is 5.97 Å². The van der Waals surface area contributed by atoms with Crippen molar-refractivity contribution in [1.29, 1.82) is 0 Å². The third kappa shape index (κ3) is 21.2. The van der Waals surface area contributed by atoms with Crippen LogP contribution < -0.4 is 0 Å². The van der Waals surface area contributed by atoms with E-state index in [1.54, 1.807) is 0 Å². The summed E-state index contributed by atoms with van der Waals surface area (Å²) in [5, 5.41) is 8.53. The fourth-order valence-electron chi connectivity index (χ4n) is 2.62. The smallest absolute Gasteiger partial charge is 0.303 e. The molecule has 0 fully saturated rings. The number of hydrogen-bond donors (Lipinski definition) is 1. The van der Waals surface area contributed by atoms with Crippen molar-refractivity contribution < 1.29 is 14.6 Å². The first-order valence-corrected chi connectivity index (χ1v) is 9.72. The first-order chi connectivity index (χ1) is 11.3. The second-order valence-electron chi connectivity index (χ2n) is 6.28. The van der Waals surface area contributed by atoms with Crippen LogP contribution in [0.15, 0.2) is 12.2 Å². The van der Waals surface area contributed by atoms with E-state index in [-0.39, 0.29) is 0 Å². The summed E-state index contributed by atoms with van der Waals surface area (Å²) in [5.74, 6) is -0.668. The van der Waals surface area contributed by atoms with Crippen LogP contribution in [-0.4, -0.2) is 24.3 Å². The predicted octanol–water partition coefficient (Wildman–Crippen LogP) is 6.13. The van der Waals surface area contributed by atoms with Gasteiger partial charge in [0, 0.05) is 19.6 Å². The van der Waals surface area contributed by atoms with Gasteiger partial charge in [0.15, 0.2) is 0 Å². The van der Waals surface area contributed by atoms with Crippen molar-refractivity contribution in [3.05, 3.63) is 12.2 Å². The van der Waals surface area contributed by atoms with Gasteiger partial charge in [-0.2, -0.15) is 0 Å². The topological polar surface area (TPSA) is 46.5 Å². The van der Waals surface area contributed by atoms with Gasteiger partial charge in [0.25, 0.3) is 0 Å². The van der Waals surface area contributed by atoms with Gasteiger partial charge in [0.1, 0.15) is 0 Å². The Bertz CT molecular complexity index is 274. The van der Waals surface area contributed by atoms with Gasteiger partial charge in [-0.15, -0.1) is 0 Å². The SMILES string of the molecule is CCOCCCCCCCC/C=C\CCCCCCCC(=O)O. The van der Waals surface area contributed by atoms with Gasteiger partial charge in [-0.1, -0.05) is 57.1 Å². The lowest BCUT2D eigenvalue weighted by molar-refractivity contribution is -0.137. The quantitative estimate of drug-likeness (QED) is 0.243. The van der Waals surface area contributed by atoms with Gasteiger partial charge in [-0.05, 0) is 45.4 Å². The number of rotatable bonds is 18. The number of carboxylic acid groups (broad SMARTS) is 1. The standard InChI is InChI=1S/C20H38O3/c1-2-23-19-17-15-13-11-9-7-5-3-4-6-8-10-12-14-16-18-20(21)22/h3-4H,2,5-19H2,1H3,(H,21,22)/b4-3-. The van der Waals surface area contributed by atoms with E-state index in [2.05, 4.69) is 19.1 Å². The molecule has 0 saturated heterocycles. The van der Waals surface area contributed by atoms with E-state index in [9.17, 15) is 4.79 Å². The molecule has 3 nitrogen and oxygen atoms in total. The maximum atomic E-state index is 10.4. The Morgan fingerprint density at radius 1 is 0.783 bits per heavy atom. The van der Waals surface area contributed by atoms with Crippen molar-refractivity contribution in [1.82, 2.24) is 0 Å². The summed E-state index contributed by atoms with van der Waals surface area (Å²) in [5.41, 5.74) is 0. The molecule has 0 heterocycles. The maximum Gasteiger partial charge on any atom is 0.303 e. The summed E-state index contributed by atoms with van der Waals surface area (Å²) < 4.78 is 5.33. The van der Waals surface area contributed by atoms with Crippen LogP contribution in [0.1, 0.15) is 96.8 Å². The zero-order valence-electron chi connectivity index (χ0n) is 15.2. The molecule has 0 saturated carbocycles. The summed E-state index contributed by atoms with van der Waals surface area (Å²) >= 11 is 0. The van der Waals surface area contributed by atoms with Gasteiger partial charge in [0.2, 0.25) is 0 Å². The lowest BCUT2D eigenvalue weighted by Crippen LogP contribution is -1.93. The molecule has 0 bridgehead atoms. The molecular weight excluding hydrogens is 288 g/mol. The predicted molar refractivity (Wildman–Crippen MR) is 97.9 cm³/mol. The number of carboxylic acids is 1. The first kappa shape index (κ1) is 22.2. The zero-order chi connectivity index (χ0) is 17.0. The number of aliphatic carboxylic acids is 1. The number of allylic oxidation sites excluding steroid dienone is 2. The van der Waals surface area contributed by atoms with Gasteiger partial charge in [0.05, 0.1) is 0 Å². The number of ether oxygens (including phenoxy) is 1. The number of carbonyl (C=O) groups is 1. The zero-order valence-corrected chi connectivity index (χ0v) is 15.2. The van der Waals surface area contributed by atoms with Crippen molar-refractivity contribution in [2.75, 3.05) is 13.2 Å². The third-order valence-corrected chi connectivity index (χ3v) is 4.04. The largest absolute Gasteiger partial charge is 0.481 e. The van der Waals surface area contributed by atoms with Crippen LogP contribution in [0.2, 0.25) is 0 Å². The van der Waals surface area contributed by atoms with Crippen molar-refractivity contribution in [2.45, 2.75) is 96.8 Å². The van der Waals surface area contributed by atoms with Crippen LogP contribution in [-0.2, 0) is 9.53 Å². The molecule has 0 aliphatic heterocycles. The average molecular weight is 327 g/mol. The fraction of sp³-hybridized carbons (Fsp3) is 0.850. The van der Waals surface area contributed by atoms with Gasteiger partial charge >= 0.3 is 5.97 Å². The minimum atomic E-state index is -0.668. The van der Waals surface area contributed by atoms with Crippen LogP contribution in [0.3, 0.4) is 0 Å². The van der Waals surface area contributed by atoms with Crippen molar-refractivity contribution in [3.8, 4) is 0 Å². The van der Waals surface area contributed by atoms with Crippen LogP contribution in [0, 0.1) is 0 Å². The van der Waals surface area contributed by atoms with E-state index in [0.29, 0.717) is 6.42 Å². The minimum Gasteiger partial charge on any atom is -0.481 e. The van der Waals surface area contributed by atoms with E-state index in [0.717, 1.165) is 26.1 Å². The Hall–Kier alpha value is -0.830. The molecule has 3 heteroatoms. The van der Waals surface area contributed by atoms with Gasteiger partial charge < -0.3 is 9.84 Å². The molecule has 0 spiro atoms. The molecule has 0 amide bonds. The monoisotopic (exact) mass is 326 g/mol. The summed E-state index contributed by atoms with van der Waals surface area (Å²) in [6, 6.07) is 0. The minimum absolute atomic E-state index is 0.326. The molecule has 0 unspecified atom stereocenters. The van der Waals surface area contributed by atoms with E-state index in [1.807, 2.05) is 0 Å². The van der Waals surface area contributed by atoms with Crippen molar-refractivity contribution in [3.63, 3.8) is 0 Å². The molecule has 23 heavy (non-hydrogen) atoms. The summed E-state index contributed by atoms with van der Waals surface area (Å²) in [6.45, 7) is 3.83. The average Bonchev–Trinajstić information content (AvgIpc) is 2.53. The van der Waals surface area contributed by atoms with Gasteiger partial charge in [-0.3, -0.25) is 4.79 Å². The highest BCUT2D eigenvalue weighted by atomic mass is 16.5. The lowest BCUT2D eigenvalue weighted by Gasteiger charge is -2.01. The Labute approximate surface area is 143 Å². The van der Waals surface area contributed by atoms with Crippen LogP contribution >= 0.6 is 0 Å². The molecule has 0 rings (SSSR count). The van der Waals surface area contributed by atoms with Gasteiger partial charge in [-0.25, -0.2) is 0 Å². The Kier molecular flexibility index (Phi) is 18.5. The van der Waals surface area contributed by atoms with Crippen LogP contribution in [0.4, 0.5) is 0 Å². The molecule has 0 aliphatic carbocycles. The summed E-state index contributed by atoms with van der Waals surface area (Å²) in [6.07, 6.45) is 20.8. The molecule has 0 radical (unpaired) electrons. The molecule has 0 aliphatic rings. The molecule has 0 aromatic carbocycles. The van der Waals surface area contributed by atoms with Crippen molar-refractivity contribution in [2.24, 2.45) is 0 Å². The molecule has 0 atom stereocenters. The van der Waals surface area contributed by atoms with E-state index in [4.69, 9.17) is 9.84 Å². The second-order valence-corrected chi connectivity index (χ2v) is 6.28. The molecule has 0 aromatic rings. The van der Waals surface area contributed by atoms with E-state index in [1.165, 1.54) is 70.6 Å². The van der Waals surface area contributed by atoms with E-state index >= 15 is 0 Å². The Morgan fingerprint density at radius 2 is 1.26 bits per heavy atom. The number of hydrogen-bond acceptors (Lipinski definition) is 2. The highest BCUT2D eigenvalue weighted by molar-refractivity contribution is 5.66. The molecule has 1 N–H and O–H groups in total. The molecular formula is C20H38O3. The fourth-order valence-corrected chi connectivity index (χ4v) is 2.62. The highest BCUT2D eigenvalue weighted by Crippen LogP contribution is 2.10. The second kappa shape index (κ2) is 19.2. The normalized spacial score (nSPS) is 11.3.